The third-order valence-corrected chi connectivity index (χ3v) is 2.93. The summed E-state index contributed by atoms with van der Waals surface area (Å²) in [5, 5.41) is 25.3. The van der Waals surface area contributed by atoms with Gasteiger partial charge in [-0.2, -0.15) is 5.10 Å². The van der Waals surface area contributed by atoms with Gasteiger partial charge in [-0.15, -0.1) is 5.10 Å². The topological polar surface area (TPSA) is 128 Å². The Bertz CT molecular complexity index is 715. The van der Waals surface area contributed by atoms with Crippen LogP contribution in [0.2, 0.25) is 10.0 Å². The van der Waals surface area contributed by atoms with Crippen molar-refractivity contribution in [2.24, 2.45) is 5.73 Å². The molecule has 0 aliphatic carbocycles. The summed E-state index contributed by atoms with van der Waals surface area (Å²) in [7, 11) is 0. The number of nitrogens with one attached hydrogen (secondary N) is 1. The number of ether oxygens (including phenoxy) is 1. The fraction of sp³-hybridized carbons (Fsp3) is 0. The molecule has 0 amide bonds. The summed E-state index contributed by atoms with van der Waals surface area (Å²) in [6, 6.07) is 3.61. The molecule has 1 aromatic heterocycles. The SMILES string of the molecule is N=C(N)c1ccnnc1Oc1c(Cl)cc([N+](=O)[O-])cc1Cl. The first-order valence-corrected chi connectivity index (χ1v) is 6.13. The van der Waals surface area contributed by atoms with Crippen molar-refractivity contribution in [2.75, 3.05) is 0 Å². The van der Waals surface area contributed by atoms with Crippen molar-refractivity contribution in [2.45, 2.75) is 0 Å². The molecular formula is C11H7Cl2N5O3. The maximum Gasteiger partial charge on any atom is 0.272 e. The molecule has 108 valence electrons. The van der Waals surface area contributed by atoms with Crippen molar-refractivity contribution in [1.29, 1.82) is 5.41 Å². The lowest BCUT2D eigenvalue weighted by atomic mass is 10.2. The highest BCUT2D eigenvalue weighted by Crippen LogP contribution is 2.39. The van der Waals surface area contributed by atoms with Crippen molar-refractivity contribution < 1.29 is 9.66 Å². The molecule has 0 fully saturated rings. The molecule has 2 rings (SSSR count). The van der Waals surface area contributed by atoms with E-state index >= 15 is 0 Å². The minimum atomic E-state index is -0.634. The van der Waals surface area contributed by atoms with Gasteiger partial charge < -0.3 is 10.5 Å². The van der Waals surface area contributed by atoms with Gasteiger partial charge in [-0.25, -0.2) is 0 Å². The minimum absolute atomic E-state index is 0.0352. The zero-order valence-corrected chi connectivity index (χ0v) is 11.7. The van der Waals surface area contributed by atoms with Crippen molar-refractivity contribution in [1.82, 2.24) is 10.2 Å². The zero-order valence-electron chi connectivity index (χ0n) is 10.2. The molecule has 0 bridgehead atoms. The quantitative estimate of drug-likeness (QED) is 0.384. The Labute approximate surface area is 128 Å². The smallest absolute Gasteiger partial charge is 0.272 e. The van der Waals surface area contributed by atoms with E-state index in [0.717, 1.165) is 12.1 Å². The molecule has 0 radical (unpaired) electrons. The Hall–Kier alpha value is -2.45. The normalized spacial score (nSPS) is 10.2. The van der Waals surface area contributed by atoms with Crippen LogP contribution in [0.5, 0.6) is 11.6 Å². The van der Waals surface area contributed by atoms with E-state index in [1.165, 1.54) is 12.3 Å². The van der Waals surface area contributed by atoms with Gasteiger partial charge >= 0.3 is 0 Å². The van der Waals surface area contributed by atoms with Crippen molar-refractivity contribution in [3.63, 3.8) is 0 Å². The molecule has 1 heterocycles. The van der Waals surface area contributed by atoms with Gasteiger partial charge in [0.1, 0.15) is 5.84 Å². The van der Waals surface area contributed by atoms with Gasteiger partial charge in [0.15, 0.2) is 5.75 Å². The summed E-state index contributed by atoms with van der Waals surface area (Å²) in [6.07, 6.45) is 1.34. The van der Waals surface area contributed by atoms with E-state index in [1.54, 1.807) is 0 Å². The maximum absolute atomic E-state index is 10.7. The number of benzene rings is 1. The average molecular weight is 328 g/mol. The first-order valence-electron chi connectivity index (χ1n) is 5.37. The van der Waals surface area contributed by atoms with Gasteiger partial charge in [0.25, 0.3) is 5.69 Å². The number of nitro benzene ring substituents is 1. The molecule has 10 heteroatoms. The lowest BCUT2D eigenvalue weighted by molar-refractivity contribution is -0.384. The van der Waals surface area contributed by atoms with E-state index in [0.29, 0.717) is 0 Å². The molecule has 0 saturated carbocycles. The number of amidine groups is 1. The Morgan fingerprint density at radius 1 is 1.38 bits per heavy atom. The third-order valence-electron chi connectivity index (χ3n) is 2.37. The molecular weight excluding hydrogens is 321 g/mol. The van der Waals surface area contributed by atoms with Crippen LogP contribution in [-0.2, 0) is 0 Å². The Morgan fingerprint density at radius 2 is 2.00 bits per heavy atom. The fourth-order valence-electron chi connectivity index (χ4n) is 1.45. The lowest BCUT2D eigenvalue weighted by Gasteiger charge is -2.10. The van der Waals surface area contributed by atoms with Crippen LogP contribution in [0.15, 0.2) is 24.4 Å². The van der Waals surface area contributed by atoms with Crippen molar-refractivity contribution in [3.05, 3.63) is 50.1 Å². The van der Waals surface area contributed by atoms with Gasteiger partial charge in [-0.3, -0.25) is 15.5 Å². The maximum atomic E-state index is 10.7. The molecule has 0 spiro atoms. The first-order chi connectivity index (χ1) is 9.90. The average Bonchev–Trinajstić information content (AvgIpc) is 2.42. The monoisotopic (exact) mass is 327 g/mol. The Balaban J connectivity index is 2.46. The molecule has 3 N–H and O–H groups in total. The number of hydrogen-bond donors (Lipinski definition) is 2. The van der Waals surface area contributed by atoms with Crippen LogP contribution < -0.4 is 10.5 Å². The summed E-state index contributed by atoms with van der Waals surface area (Å²) in [6.45, 7) is 0. The second kappa shape index (κ2) is 5.90. The lowest BCUT2D eigenvalue weighted by Crippen LogP contribution is -2.13. The molecule has 21 heavy (non-hydrogen) atoms. The van der Waals surface area contributed by atoms with Crippen LogP contribution in [0.4, 0.5) is 5.69 Å². The van der Waals surface area contributed by atoms with E-state index in [4.69, 9.17) is 39.1 Å². The van der Waals surface area contributed by atoms with E-state index in [1.807, 2.05) is 0 Å². The Kier molecular flexibility index (Phi) is 4.20. The molecule has 0 aliphatic heterocycles. The highest BCUT2D eigenvalue weighted by molar-refractivity contribution is 6.37. The number of nitrogens with two attached hydrogens (primary N) is 1. The van der Waals surface area contributed by atoms with Gasteiger partial charge in [0.2, 0.25) is 5.88 Å². The second-order valence-corrected chi connectivity index (χ2v) is 4.58. The number of aromatic nitrogens is 2. The van der Waals surface area contributed by atoms with E-state index in [2.05, 4.69) is 10.2 Å². The number of hydrogen-bond acceptors (Lipinski definition) is 6. The number of nitrogen functional groups attached to an aromatic ring is 1. The largest absolute Gasteiger partial charge is 0.434 e. The van der Waals surface area contributed by atoms with E-state index in [9.17, 15) is 10.1 Å². The molecule has 0 saturated heterocycles. The van der Waals surface area contributed by atoms with Gasteiger partial charge in [0.05, 0.1) is 26.7 Å². The Morgan fingerprint density at radius 3 is 2.52 bits per heavy atom. The van der Waals surface area contributed by atoms with Crippen LogP contribution >= 0.6 is 23.2 Å². The highest BCUT2D eigenvalue weighted by Gasteiger charge is 2.18. The minimum Gasteiger partial charge on any atom is -0.434 e. The molecule has 0 unspecified atom stereocenters. The van der Waals surface area contributed by atoms with Crippen LogP contribution in [0.25, 0.3) is 0 Å². The van der Waals surface area contributed by atoms with E-state index < -0.39 is 4.92 Å². The molecule has 2 aromatic rings. The predicted octanol–water partition coefficient (Wildman–Crippen LogP) is 2.77. The van der Waals surface area contributed by atoms with Gasteiger partial charge in [-0.05, 0) is 6.07 Å². The van der Waals surface area contributed by atoms with Gasteiger partial charge in [-0.1, -0.05) is 23.2 Å². The van der Waals surface area contributed by atoms with Gasteiger partial charge in [0, 0.05) is 12.1 Å². The predicted molar refractivity (Wildman–Crippen MR) is 76.2 cm³/mol. The number of nitrogens with zero attached hydrogens (tertiary/aromatic N) is 3. The summed E-state index contributed by atoms with van der Waals surface area (Å²) in [5.41, 5.74) is 5.30. The molecule has 0 atom stereocenters. The van der Waals surface area contributed by atoms with Crippen molar-refractivity contribution in [3.8, 4) is 11.6 Å². The molecule has 0 aliphatic rings. The van der Waals surface area contributed by atoms with Crippen LogP contribution in [0, 0.1) is 15.5 Å². The zero-order chi connectivity index (χ0) is 15.6. The second-order valence-electron chi connectivity index (χ2n) is 3.76. The first kappa shape index (κ1) is 14.9. The molecule has 8 nitrogen and oxygen atoms in total. The fourth-order valence-corrected chi connectivity index (χ4v) is 2.00. The highest BCUT2D eigenvalue weighted by atomic mass is 35.5. The summed E-state index contributed by atoms with van der Waals surface area (Å²) < 4.78 is 5.39. The summed E-state index contributed by atoms with van der Waals surface area (Å²) >= 11 is 11.8. The third kappa shape index (κ3) is 3.18. The van der Waals surface area contributed by atoms with Crippen LogP contribution in [0.3, 0.4) is 0 Å². The molecule has 1 aromatic carbocycles. The van der Waals surface area contributed by atoms with Crippen LogP contribution in [-0.4, -0.2) is 21.0 Å². The summed E-state index contributed by atoms with van der Waals surface area (Å²) in [5.74, 6) is -0.399. The standard InChI is InChI=1S/C11H7Cl2N5O3/c12-7-3-5(18(19)20)4-8(13)9(7)21-11-6(10(14)15)1-2-16-17-11/h1-4H,(H3,14,15). The van der Waals surface area contributed by atoms with E-state index in [-0.39, 0.29) is 38.8 Å². The number of halogens is 2. The number of non-ortho nitro benzene ring substituents is 1. The van der Waals surface area contributed by atoms with Crippen molar-refractivity contribution >= 4 is 34.7 Å². The van der Waals surface area contributed by atoms with Crippen LogP contribution in [0.1, 0.15) is 5.56 Å². The number of rotatable bonds is 4. The summed E-state index contributed by atoms with van der Waals surface area (Å²) in [4.78, 5) is 10.1. The number of nitro groups is 1.